The fourth-order valence-electron chi connectivity index (χ4n) is 2.95. The molecule has 0 fully saturated rings. The Bertz CT molecular complexity index is 1370. The van der Waals surface area contributed by atoms with Crippen LogP contribution < -0.4 is 25.0 Å². The molecule has 3 aromatic rings. The molecule has 0 heterocycles. The molecule has 2 amide bonds. The first-order chi connectivity index (χ1) is 17.7. The monoisotopic (exact) mass is 607 g/mol. The zero-order valence-corrected chi connectivity index (χ0v) is 22.6. The normalized spacial score (nSPS) is 10.6. The number of esters is 1. The molecule has 0 aromatic heterocycles. The topological polar surface area (TPSA) is 115 Å². The van der Waals surface area contributed by atoms with Crippen LogP contribution in [0.2, 0.25) is 10.0 Å². The molecule has 0 aliphatic rings. The van der Waals surface area contributed by atoms with E-state index < -0.39 is 17.8 Å². The van der Waals surface area contributed by atoms with Crippen molar-refractivity contribution in [1.29, 1.82) is 0 Å². The minimum atomic E-state index is -0.632. The minimum absolute atomic E-state index is 0.203. The van der Waals surface area contributed by atoms with Crippen LogP contribution in [0.1, 0.15) is 26.3 Å². The lowest BCUT2D eigenvalue weighted by molar-refractivity contribution is -0.120. The highest BCUT2D eigenvalue weighted by molar-refractivity contribution is 9.10. The van der Waals surface area contributed by atoms with Gasteiger partial charge in [-0.15, -0.1) is 0 Å². The van der Waals surface area contributed by atoms with E-state index in [0.29, 0.717) is 26.6 Å². The molecule has 0 bridgehead atoms. The number of nitrogens with zero attached hydrogens (tertiary/aromatic N) is 1. The van der Waals surface area contributed by atoms with Gasteiger partial charge in [-0.1, -0.05) is 39.1 Å². The lowest BCUT2D eigenvalue weighted by atomic mass is 10.2. The Morgan fingerprint density at radius 2 is 1.59 bits per heavy atom. The van der Waals surface area contributed by atoms with Crippen LogP contribution in [0.4, 0.5) is 0 Å². The van der Waals surface area contributed by atoms with Crippen molar-refractivity contribution >= 4 is 63.1 Å². The van der Waals surface area contributed by atoms with E-state index in [0.717, 1.165) is 0 Å². The van der Waals surface area contributed by atoms with Gasteiger partial charge in [0, 0.05) is 15.6 Å². The van der Waals surface area contributed by atoms with Gasteiger partial charge < -0.3 is 19.5 Å². The summed E-state index contributed by atoms with van der Waals surface area (Å²) in [5.41, 5.74) is 3.20. The van der Waals surface area contributed by atoms with E-state index in [1.165, 1.54) is 44.7 Å². The smallest absolute Gasteiger partial charge is 0.343 e. The van der Waals surface area contributed by atoms with Gasteiger partial charge in [0.1, 0.15) is 5.75 Å². The number of ether oxygens (including phenoxy) is 3. The minimum Gasteiger partial charge on any atom is -0.493 e. The highest BCUT2D eigenvalue weighted by Crippen LogP contribution is 2.29. The van der Waals surface area contributed by atoms with E-state index in [9.17, 15) is 14.4 Å². The van der Waals surface area contributed by atoms with Crippen LogP contribution in [0.15, 0.2) is 64.2 Å². The summed E-state index contributed by atoms with van der Waals surface area (Å²) in [6, 6.07) is 13.9. The standard InChI is InChI=1S/C25H20BrCl2N3O6/c1-35-21-7-4-15(11-22(21)36-2)25(34)37-20-8-5-17(26)9-16(20)12-30-31-23(32)13-29-24(33)14-3-6-18(27)19(28)10-14/h3-12H,13H2,1-2H3,(H,29,33)(H,31,32)/b30-12-. The molecule has 12 heteroatoms. The van der Waals surface area contributed by atoms with E-state index in [2.05, 4.69) is 31.8 Å². The van der Waals surface area contributed by atoms with Gasteiger partial charge in [0.05, 0.1) is 42.6 Å². The lowest BCUT2D eigenvalue weighted by Crippen LogP contribution is -2.34. The van der Waals surface area contributed by atoms with Crippen LogP contribution in [0.3, 0.4) is 0 Å². The number of amides is 2. The Hall–Kier alpha value is -3.60. The first-order valence-corrected chi connectivity index (χ1v) is 12.1. The Labute approximate surface area is 230 Å². The number of carbonyl (C=O) groups is 3. The molecule has 9 nitrogen and oxygen atoms in total. The summed E-state index contributed by atoms with van der Waals surface area (Å²) in [5, 5.41) is 6.87. The van der Waals surface area contributed by atoms with Crippen molar-refractivity contribution < 1.29 is 28.6 Å². The summed E-state index contributed by atoms with van der Waals surface area (Å²) in [5.74, 6) is -0.665. The molecule has 0 atom stereocenters. The molecule has 0 aliphatic carbocycles. The van der Waals surface area contributed by atoms with Gasteiger partial charge in [0.2, 0.25) is 0 Å². The summed E-state index contributed by atoms with van der Waals surface area (Å²) >= 11 is 15.1. The highest BCUT2D eigenvalue weighted by Gasteiger charge is 2.15. The lowest BCUT2D eigenvalue weighted by Gasteiger charge is -2.11. The number of benzene rings is 3. The van der Waals surface area contributed by atoms with E-state index >= 15 is 0 Å². The fourth-order valence-corrected chi connectivity index (χ4v) is 3.63. The number of hydrogen-bond acceptors (Lipinski definition) is 7. The molecule has 0 spiro atoms. The molecule has 0 saturated heterocycles. The number of rotatable bonds is 9. The van der Waals surface area contributed by atoms with Crippen molar-refractivity contribution in [2.75, 3.05) is 20.8 Å². The maximum atomic E-state index is 12.7. The van der Waals surface area contributed by atoms with Gasteiger partial charge in [0.15, 0.2) is 11.5 Å². The van der Waals surface area contributed by atoms with Crippen LogP contribution >= 0.6 is 39.1 Å². The zero-order valence-electron chi connectivity index (χ0n) is 19.5. The third-order valence-electron chi connectivity index (χ3n) is 4.78. The van der Waals surface area contributed by atoms with Crippen LogP contribution in [0, 0.1) is 0 Å². The average Bonchev–Trinajstić information content (AvgIpc) is 2.89. The van der Waals surface area contributed by atoms with Crippen LogP contribution in [0.5, 0.6) is 17.2 Å². The molecule has 0 unspecified atom stereocenters. The Morgan fingerprint density at radius 1 is 0.892 bits per heavy atom. The summed E-state index contributed by atoms with van der Waals surface area (Å²) in [6.07, 6.45) is 1.31. The van der Waals surface area contributed by atoms with Crippen molar-refractivity contribution in [1.82, 2.24) is 10.7 Å². The molecular weight excluding hydrogens is 589 g/mol. The van der Waals surface area contributed by atoms with Gasteiger partial charge in [-0.2, -0.15) is 5.10 Å². The molecule has 3 aromatic carbocycles. The predicted molar refractivity (Wildman–Crippen MR) is 143 cm³/mol. The van der Waals surface area contributed by atoms with Crippen molar-refractivity contribution in [3.05, 3.63) is 85.8 Å². The predicted octanol–water partition coefficient (Wildman–Crippen LogP) is 4.87. The summed E-state index contributed by atoms with van der Waals surface area (Å²) in [6.45, 7) is -0.337. The van der Waals surface area contributed by atoms with E-state index in [1.54, 1.807) is 30.3 Å². The second-order valence-electron chi connectivity index (χ2n) is 7.25. The number of halogens is 3. The Morgan fingerprint density at radius 3 is 2.30 bits per heavy atom. The van der Waals surface area contributed by atoms with Crippen LogP contribution in [0.25, 0.3) is 0 Å². The molecule has 2 N–H and O–H groups in total. The van der Waals surface area contributed by atoms with Crippen molar-refractivity contribution in [2.45, 2.75) is 0 Å². The largest absolute Gasteiger partial charge is 0.493 e. The maximum absolute atomic E-state index is 12.7. The summed E-state index contributed by atoms with van der Waals surface area (Å²) in [7, 11) is 2.95. The Kier molecular flexibility index (Phi) is 9.90. The van der Waals surface area contributed by atoms with E-state index in [4.69, 9.17) is 37.4 Å². The Balaban J connectivity index is 1.62. The number of nitrogens with one attached hydrogen (secondary N) is 2. The second-order valence-corrected chi connectivity index (χ2v) is 8.98. The van der Waals surface area contributed by atoms with Gasteiger partial charge in [-0.3, -0.25) is 9.59 Å². The second kappa shape index (κ2) is 13.1. The average molecular weight is 609 g/mol. The number of hydrogen-bond donors (Lipinski definition) is 2. The maximum Gasteiger partial charge on any atom is 0.343 e. The highest BCUT2D eigenvalue weighted by atomic mass is 79.9. The molecule has 3 rings (SSSR count). The summed E-state index contributed by atoms with van der Waals surface area (Å²) < 4.78 is 16.6. The van der Waals surface area contributed by atoms with Crippen molar-refractivity contribution in [3.8, 4) is 17.2 Å². The van der Waals surface area contributed by atoms with Crippen molar-refractivity contribution in [2.24, 2.45) is 5.10 Å². The van der Waals surface area contributed by atoms with Gasteiger partial charge in [0.25, 0.3) is 11.8 Å². The fraction of sp³-hybridized carbons (Fsp3) is 0.120. The SMILES string of the molecule is COc1ccc(C(=O)Oc2ccc(Br)cc2/C=N\NC(=O)CNC(=O)c2ccc(Cl)c(Cl)c2)cc1OC. The molecule has 37 heavy (non-hydrogen) atoms. The molecule has 0 aliphatic heterocycles. The molecule has 0 saturated carbocycles. The van der Waals surface area contributed by atoms with Gasteiger partial charge >= 0.3 is 5.97 Å². The van der Waals surface area contributed by atoms with Crippen LogP contribution in [-0.4, -0.2) is 44.8 Å². The molecule has 192 valence electrons. The number of hydrazone groups is 1. The van der Waals surface area contributed by atoms with Crippen LogP contribution in [-0.2, 0) is 4.79 Å². The quantitative estimate of drug-likeness (QED) is 0.155. The zero-order chi connectivity index (χ0) is 26.9. The van der Waals surface area contributed by atoms with Crippen molar-refractivity contribution in [3.63, 3.8) is 0 Å². The third-order valence-corrected chi connectivity index (χ3v) is 6.01. The number of methoxy groups -OCH3 is 2. The van der Waals surface area contributed by atoms with Gasteiger partial charge in [-0.05, 0) is 54.6 Å². The van der Waals surface area contributed by atoms with Gasteiger partial charge in [-0.25, -0.2) is 10.2 Å². The molecule has 0 radical (unpaired) electrons. The molecular formula is C25H20BrCl2N3O6. The van der Waals surface area contributed by atoms with E-state index in [1.807, 2.05) is 0 Å². The van der Waals surface area contributed by atoms with E-state index in [-0.39, 0.29) is 28.4 Å². The summed E-state index contributed by atoms with van der Waals surface area (Å²) in [4.78, 5) is 37.0. The number of carbonyl (C=O) groups excluding carboxylic acids is 3. The first kappa shape index (κ1) is 28.0. The third kappa shape index (κ3) is 7.69. The first-order valence-electron chi connectivity index (χ1n) is 10.5.